The standard InChI is InChI=1S/C20H30N6O/c1-4-21-20(22-10-12-26-14-16(2)13-23-26)24-17-9-11-25(15-17)18-7-5-6-8-19(18)27-3/h5-8,13-14,17H,4,9-12,15H2,1-3H3,(H2,21,22,24). The lowest BCUT2D eigenvalue weighted by Gasteiger charge is -2.22. The first kappa shape index (κ1) is 19.1. The summed E-state index contributed by atoms with van der Waals surface area (Å²) < 4.78 is 7.44. The van der Waals surface area contributed by atoms with Crippen molar-refractivity contribution in [2.75, 3.05) is 38.2 Å². The van der Waals surface area contributed by atoms with E-state index in [2.05, 4.69) is 39.7 Å². The summed E-state index contributed by atoms with van der Waals surface area (Å²) in [6.45, 7) is 8.39. The molecule has 1 aromatic carbocycles. The number of hydrogen-bond donors (Lipinski definition) is 2. The molecule has 7 heteroatoms. The molecule has 2 N–H and O–H groups in total. The fraction of sp³-hybridized carbons (Fsp3) is 0.500. The van der Waals surface area contributed by atoms with Gasteiger partial charge in [-0.25, -0.2) is 0 Å². The third kappa shape index (κ3) is 5.15. The van der Waals surface area contributed by atoms with Gasteiger partial charge in [-0.05, 0) is 38.0 Å². The predicted octanol–water partition coefficient (Wildman–Crippen LogP) is 2.03. The van der Waals surface area contributed by atoms with Crippen molar-refractivity contribution in [3.05, 3.63) is 42.2 Å². The topological polar surface area (TPSA) is 66.7 Å². The molecule has 0 radical (unpaired) electrons. The van der Waals surface area contributed by atoms with Gasteiger partial charge in [0.2, 0.25) is 0 Å². The van der Waals surface area contributed by atoms with Crippen molar-refractivity contribution < 1.29 is 4.74 Å². The Kier molecular flexibility index (Phi) is 6.57. The van der Waals surface area contributed by atoms with Gasteiger partial charge in [-0.3, -0.25) is 9.67 Å². The number of para-hydroxylation sites is 2. The highest BCUT2D eigenvalue weighted by molar-refractivity contribution is 5.80. The second-order valence-electron chi connectivity index (χ2n) is 6.79. The van der Waals surface area contributed by atoms with Gasteiger partial charge in [0, 0.05) is 31.9 Å². The second-order valence-corrected chi connectivity index (χ2v) is 6.79. The number of aryl methyl sites for hydroxylation is 1. The molecule has 3 rings (SSSR count). The van der Waals surface area contributed by atoms with Gasteiger partial charge in [-0.15, -0.1) is 0 Å². The maximum Gasteiger partial charge on any atom is 0.191 e. The van der Waals surface area contributed by atoms with E-state index < -0.39 is 0 Å². The zero-order valence-corrected chi connectivity index (χ0v) is 16.5. The number of rotatable bonds is 7. The molecule has 0 amide bonds. The molecule has 1 atom stereocenters. The molecule has 0 aliphatic carbocycles. The smallest absolute Gasteiger partial charge is 0.191 e. The second kappa shape index (κ2) is 9.30. The van der Waals surface area contributed by atoms with Crippen LogP contribution in [0.4, 0.5) is 5.69 Å². The summed E-state index contributed by atoms with van der Waals surface area (Å²) in [5.74, 6) is 1.79. The van der Waals surface area contributed by atoms with E-state index in [1.165, 1.54) is 5.56 Å². The summed E-state index contributed by atoms with van der Waals surface area (Å²) in [6, 6.07) is 8.55. The fourth-order valence-corrected chi connectivity index (χ4v) is 3.35. The Morgan fingerprint density at radius 1 is 1.37 bits per heavy atom. The van der Waals surface area contributed by atoms with Crippen LogP contribution >= 0.6 is 0 Å². The van der Waals surface area contributed by atoms with Crippen LogP contribution in [0.2, 0.25) is 0 Å². The van der Waals surface area contributed by atoms with Gasteiger partial charge in [0.1, 0.15) is 5.75 Å². The number of guanidine groups is 1. The molecule has 1 aromatic heterocycles. The molecule has 7 nitrogen and oxygen atoms in total. The average Bonchev–Trinajstić information content (AvgIpc) is 3.31. The van der Waals surface area contributed by atoms with E-state index in [1.54, 1.807) is 7.11 Å². The maximum absolute atomic E-state index is 5.50. The lowest BCUT2D eigenvalue weighted by Crippen LogP contribution is -2.44. The molecule has 1 fully saturated rings. The van der Waals surface area contributed by atoms with Crippen LogP contribution in [-0.2, 0) is 6.54 Å². The van der Waals surface area contributed by atoms with Gasteiger partial charge >= 0.3 is 0 Å². The van der Waals surface area contributed by atoms with Gasteiger partial charge in [0.05, 0.1) is 32.1 Å². The molecule has 27 heavy (non-hydrogen) atoms. The summed E-state index contributed by atoms with van der Waals surface area (Å²) in [4.78, 5) is 7.07. The largest absolute Gasteiger partial charge is 0.495 e. The third-order valence-corrected chi connectivity index (χ3v) is 4.66. The van der Waals surface area contributed by atoms with Gasteiger partial charge in [-0.1, -0.05) is 12.1 Å². The first-order valence-electron chi connectivity index (χ1n) is 9.61. The van der Waals surface area contributed by atoms with Crippen LogP contribution in [0.1, 0.15) is 18.9 Å². The van der Waals surface area contributed by atoms with E-state index in [0.29, 0.717) is 12.6 Å². The Labute approximate surface area is 161 Å². The van der Waals surface area contributed by atoms with E-state index >= 15 is 0 Å². The van der Waals surface area contributed by atoms with Crippen molar-refractivity contribution in [3.8, 4) is 5.75 Å². The normalized spacial score (nSPS) is 17.2. The molecule has 2 aromatic rings. The first-order valence-corrected chi connectivity index (χ1v) is 9.61. The van der Waals surface area contributed by atoms with E-state index in [1.807, 2.05) is 36.1 Å². The number of nitrogens with zero attached hydrogens (tertiary/aromatic N) is 4. The number of benzene rings is 1. The van der Waals surface area contributed by atoms with Crippen LogP contribution in [0.3, 0.4) is 0 Å². The third-order valence-electron chi connectivity index (χ3n) is 4.66. The number of ether oxygens (including phenoxy) is 1. The van der Waals surface area contributed by atoms with Crippen molar-refractivity contribution in [2.45, 2.75) is 32.9 Å². The number of anilines is 1. The number of methoxy groups -OCH3 is 1. The number of aliphatic imine (C=N–C) groups is 1. The van der Waals surface area contributed by atoms with Gasteiger partial charge in [0.25, 0.3) is 0 Å². The zero-order valence-electron chi connectivity index (χ0n) is 16.5. The molecule has 0 spiro atoms. The Balaban J connectivity index is 1.56. The molecule has 1 saturated heterocycles. The Morgan fingerprint density at radius 2 is 2.22 bits per heavy atom. The summed E-state index contributed by atoms with van der Waals surface area (Å²) in [5, 5.41) is 11.2. The van der Waals surface area contributed by atoms with Gasteiger partial charge < -0.3 is 20.3 Å². The van der Waals surface area contributed by atoms with Crippen LogP contribution in [0, 0.1) is 6.92 Å². The molecule has 1 unspecified atom stereocenters. The average molecular weight is 371 g/mol. The summed E-state index contributed by atoms with van der Waals surface area (Å²) in [5.41, 5.74) is 2.33. The van der Waals surface area contributed by atoms with Crippen LogP contribution in [0.5, 0.6) is 5.75 Å². The lowest BCUT2D eigenvalue weighted by molar-refractivity contribution is 0.415. The highest BCUT2D eigenvalue weighted by Gasteiger charge is 2.25. The Hall–Kier alpha value is -2.70. The Morgan fingerprint density at radius 3 is 2.96 bits per heavy atom. The van der Waals surface area contributed by atoms with Crippen LogP contribution in [0.15, 0.2) is 41.7 Å². The minimum Gasteiger partial charge on any atom is -0.495 e. The molecular weight excluding hydrogens is 340 g/mol. The number of aromatic nitrogens is 2. The molecule has 1 aliphatic rings. The Bertz CT molecular complexity index is 756. The summed E-state index contributed by atoms with van der Waals surface area (Å²) in [7, 11) is 1.72. The van der Waals surface area contributed by atoms with Crippen molar-refractivity contribution >= 4 is 11.6 Å². The maximum atomic E-state index is 5.50. The molecule has 1 aliphatic heterocycles. The van der Waals surface area contributed by atoms with Crippen molar-refractivity contribution in [1.29, 1.82) is 0 Å². The van der Waals surface area contributed by atoms with Crippen molar-refractivity contribution in [3.63, 3.8) is 0 Å². The lowest BCUT2D eigenvalue weighted by atomic mass is 10.2. The monoisotopic (exact) mass is 370 g/mol. The van der Waals surface area contributed by atoms with Gasteiger partial charge in [-0.2, -0.15) is 5.10 Å². The van der Waals surface area contributed by atoms with Crippen LogP contribution in [-0.4, -0.2) is 55.1 Å². The molecular formula is C20H30N6O. The van der Waals surface area contributed by atoms with Crippen molar-refractivity contribution in [2.24, 2.45) is 4.99 Å². The van der Waals surface area contributed by atoms with Gasteiger partial charge in [0.15, 0.2) is 5.96 Å². The molecule has 0 saturated carbocycles. The van der Waals surface area contributed by atoms with Crippen LogP contribution in [0.25, 0.3) is 0 Å². The van der Waals surface area contributed by atoms with Crippen LogP contribution < -0.4 is 20.3 Å². The van der Waals surface area contributed by atoms with E-state index in [-0.39, 0.29) is 0 Å². The molecule has 0 bridgehead atoms. The van der Waals surface area contributed by atoms with E-state index in [9.17, 15) is 0 Å². The highest BCUT2D eigenvalue weighted by atomic mass is 16.5. The first-order chi connectivity index (χ1) is 13.2. The van der Waals surface area contributed by atoms with Crippen molar-refractivity contribution in [1.82, 2.24) is 20.4 Å². The number of nitrogens with one attached hydrogen (secondary N) is 2. The molecule has 2 heterocycles. The fourth-order valence-electron chi connectivity index (χ4n) is 3.35. The summed E-state index contributed by atoms with van der Waals surface area (Å²) >= 11 is 0. The minimum absolute atomic E-state index is 0.361. The molecule has 146 valence electrons. The highest BCUT2D eigenvalue weighted by Crippen LogP contribution is 2.30. The zero-order chi connectivity index (χ0) is 19.1. The quantitative estimate of drug-likeness (QED) is 0.577. The minimum atomic E-state index is 0.361. The predicted molar refractivity (Wildman–Crippen MR) is 110 cm³/mol. The number of hydrogen-bond acceptors (Lipinski definition) is 4. The summed E-state index contributed by atoms with van der Waals surface area (Å²) in [6.07, 6.45) is 4.98. The van der Waals surface area contributed by atoms with E-state index in [0.717, 1.165) is 50.0 Å². The van der Waals surface area contributed by atoms with E-state index in [4.69, 9.17) is 9.73 Å². The SMILES string of the molecule is CCNC(=NCCn1cc(C)cn1)NC1CCN(c2ccccc2OC)C1.